The molecule has 254 valence electrons. The maximum atomic E-state index is 12.9. The average Bonchev–Trinajstić information content (AvgIpc) is 3.11. The third-order valence-electron chi connectivity index (χ3n) is 7.85. The van der Waals surface area contributed by atoms with Crippen LogP contribution < -0.4 is 16.2 Å². The highest BCUT2D eigenvalue weighted by atomic mass is 79.9. The number of esters is 1. The standard InChI is InChI=1S/C21H19BrN2O4.C17H12BrNO3/c1-13(21(27)28-2)23-20(26)17-12-24(11-14-6-4-3-5-7-14)18-9-8-15(22)10-16(18)19(17)25;18-12-6-7-15-13(8-12)16(20)14(17(21)22)10-19(15)9-11-4-2-1-3-5-11/h3-10,12-13H,11H2,1-2H3,(H,23,26);1-8,10H,9H2,(H,21,22)/t13-;/m0./s1. The summed E-state index contributed by atoms with van der Waals surface area (Å²) in [6, 6.07) is 29.3. The molecule has 0 saturated heterocycles. The van der Waals surface area contributed by atoms with Crippen LogP contribution in [-0.2, 0) is 22.6 Å². The maximum Gasteiger partial charge on any atom is 0.341 e. The first-order chi connectivity index (χ1) is 24.0. The predicted octanol–water partition coefficient (Wildman–Crippen LogP) is 6.61. The number of hydrogen-bond donors (Lipinski definition) is 2. The van der Waals surface area contributed by atoms with Crippen molar-refractivity contribution in [3.63, 3.8) is 0 Å². The zero-order valence-electron chi connectivity index (χ0n) is 26.9. The fraction of sp³-hybridized carbons (Fsp3) is 0.132. The number of carbonyl (C=O) groups is 3. The van der Waals surface area contributed by atoms with Gasteiger partial charge in [0.15, 0.2) is 0 Å². The molecule has 2 N–H and O–H groups in total. The lowest BCUT2D eigenvalue weighted by atomic mass is 10.1. The monoisotopic (exact) mass is 799 g/mol. The number of carboxylic acids is 1. The van der Waals surface area contributed by atoms with Gasteiger partial charge in [0.25, 0.3) is 5.91 Å². The van der Waals surface area contributed by atoms with E-state index in [0.29, 0.717) is 29.4 Å². The van der Waals surface area contributed by atoms with E-state index in [0.717, 1.165) is 25.6 Å². The molecule has 4 aromatic carbocycles. The highest BCUT2D eigenvalue weighted by molar-refractivity contribution is 9.10. The molecule has 0 aliphatic heterocycles. The Morgan fingerprint density at radius 2 is 1.16 bits per heavy atom. The number of benzene rings is 4. The number of methoxy groups -OCH3 is 1. The van der Waals surface area contributed by atoms with Gasteiger partial charge in [0.05, 0.1) is 18.1 Å². The molecular weight excluding hydrogens is 770 g/mol. The summed E-state index contributed by atoms with van der Waals surface area (Å²) in [5.41, 5.74) is 2.38. The predicted molar refractivity (Wildman–Crippen MR) is 199 cm³/mol. The fourth-order valence-electron chi connectivity index (χ4n) is 5.39. The van der Waals surface area contributed by atoms with Gasteiger partial charge in [0.1, 0.15) is 17.2 Å². The largest absolute Gasteiger partial charge is 0.477 e. The summed E-state index contributed by atoms with van der Waals surface area (Å²) in [6.45, 7) is 2.50. The summed E-state index contributed by atoms with van der Waals surface area (Å²) in [7, 11) is 1.24. The number of rotatable bonds is 8. The summed E-state index contributed by atoms with van der Waals surface area (Å²) in [4.78, 5) is 60.9. The van der Waals surface area contributed by atoms with E-state index >= 15 is 0 Å². The number of fused-ring (bicyclic) bond motifs is 2. The minimum atomic E-state index is -1.21. The lowest BCUT2D eigenvalue weighted by Gasteiger charge is -2.15. The Labute approximate surface area is 303 Å². The molecule has 6 rings (SSSR count). The number of amides is 1. The normalized spacial score (nSPS) is 11.4. The van der Waals surface area contributed by atoms with Gasteiger partial charge in [-0.25, -0.2) is 9.59 Å². The van der Waals surface area contributed by atoms with Gasteiger partial charge in [-0.05, 0) is 54.4 Å². The molecule has 1 atom stereocenters. The van der Waals surface area contributed by atoms with Crippen LogP contribution in [0, 0.1) is 0 Å². The van der Waals surface area contributed by atoms with Crippen LogP contribution in [0.2, 0.25) is 0 Å². The molecule has 6 aromatic rings. The molecule has 2 aromatic heterocycles. The quantitative estimate of drug-likeness (QED) is 0.165. The fourth-order valence-corrected chi connectivity index (χ4v) is 6.11. The zero-order chi connectivity index (χ0) is 35.9. The van der Waals surface area contributed by atoms with Crippen LogP contribution in [0.5, 0.6) is 0 Å². The lowest BCUT2D eigenvalue weighted by molar-refractivity contribution is -0.142. The topological polar surface area (TPSA) is 137 Å². The van der Waals surface area contributed by atoms with Crippen LogP contribution >= 0.6 is 31.9 Å². The highest BCUT2D eigenvalue weighted by Crippen LogP contribution is 2.21. The van der Waals surface area contributed by atoms with Crippen molar-refractivity contribution in [1.29, 1.82) is 0 Å². The maximum absolute atomic E-state index is 12.9. The van der Waals surface area contributed by atoms with Crippen LogP contribution in [0.25, 0.3) is 21.8 Å². The summed E-state index contributed by atoms with van der Waals surface area (Å²) in [5.74, 6) is -2.42. The number of ether oxygens (including phenoxy) is 1. The molecule has 10 nitrogen and oxygen atoms in total. The van der Waals surface area contributed by atoms with Crippen molar-refractivity contribution in [3.8, 4) is 0 Å². The van der Waals surface area contributed by atoms with Crippen molar-refractivity contribution >= 4 is 71.5 Å². The Morgan fingerprint density at radius 3 is 1.60 bits per heavy atom. The van der Waals surface area contributed by atoms with Gasteiger partial charge in [0.2, 0.25) is 10.9 Å². The third-order valence-corrected chi connectivity index (χ3v) is 8.84. The van der Waals surface area contributed by atoms with Gasteiger partial charge in [0, 0.05) is 45.2 Å². The lowest BCUT2D eigenvalue weighted by Crippen LogP contribution is -2.41. The Morgan fingerprint density at radius 1 is 0.720 bits per heavy atom. The van der Waals surface area contributed by atoms with Gasteiger partial charge >= 0.3 is 11.9 Å². The van der Waals surface area contributed by atoms with Crippen LogP contribution in [0.4, 0.5) is 0 Å². The first-order valence-electron chi connectivity index (χ1n) is 15.3. The number of halogens is 2. The molecule has 0 fully saturated rings. The molecule has 0 aliphatic carbocycles. The van der Waals surface area contributed by atoms with E-state index in [-0.39, 0.29) is 11.1 Å². The first kappa shape index (κ1) is 36.0. The van der Waals surface area contributed by atoms with Gasteiger partial charge in [-0.1, -0.05) is 92.5 Å². The van der Waals surface area contributed by atoms with Crippen LogP contribution in [0.1, 0.15) is 38.8 Å². The van der Waals surface area contributed by atoms with Crippen molar-refractivity contribution in [2.24, 2.45) is 0 Å². The number of carboxylic acid groups (broad SMARTS) is 1. The second kappa shape index (κ2) is 15.9. The second-order valence-corrected chi connectivity index (χ2v) is 13.1. The van der Waals surface area contributed by atoms with Gasteiger partial charge < -0.3 is 24.3 Å². The highest BCUT2D eigenvalue weighted by Gasteiger charge is 2.21. The van der Waals surface area contributed by atoms with Crippen molar-refractivity contribution in [1.82, 2.24) is 14.5 Å². The number of nitrogens with one attached hydrogen (secondary N) is 1. The number of hydrogen-bond acceptors (Lipinski definition) is 6. The molecule has 0 radical (unpaired) electrons. The zero-order valence-corrected chi connectivity index (χ0v) is 30.1. The van der Waals surface area contributed by atoms with Crippen molar-refractivity contribution in [2.75, 3.05) is 7.11 Å². The Kier molecular flexibility index (Phi) is 11.5. The van der Waals surface area contributed by atoms with Crippen molar-refractivity contribution < 1.29 is 24.2 Å². The van der Waals surface area contributed by atoms with Crippen LogP contribution in [0.3, 0.4) is 0 Å². The van der Waals surface area contributed by atoms with E-state index in [1.807, 2.05) is 89.5 Å². The smallest absolute Gasteiger partial charge is 0.341 e. The number of aromatic nitrogens is 2. The SMILES string of the molecule is COC(=O)[C@H](C)NC(=O)c1cn(Cc2ccccc2)c2ccc(Br)cc2c1=O.O=C(O)c1cn(Cc2ccccc2)c2ccc(Br)cc2c1=O. The minimum absolute atomic E-state index is 0.0303. The van der Waals surface area contributed by atoms with Gasteiger partial charge in [-0.3, -0.25) is 14.4 Å². The third kappa shape index (κ3) is 8.27. The molecule has 50 heavy (non-hydrogen) atoms. The molecule has 0 saturated carbocycles. The summed E-state index contributed by atoms with van der Waals surface area (Å²) >= 11 is 6.70. The van der Waals surface area contributed by atoms with Crippen LogP contribution in [-0.4, -0.2) is 45.2 Å². The van der Waals surface area contributed by atoms with Crippen molar-refractivity contribution in [2.45, 2.75) is 26.1 Å². The Hall–Kier alpha value is -5.33. The molecule has 0 aliphatic rings. The van der Waals surface area contributed by atoms with E-state index in [4.69, 9.17) is 0 Å². The number of nitrogens with zero attached hydrogens (tertiary/aromatic N) is 2. The average molecular weight is 801 g/mol. The minimum Gasteiger partial charge on any atom is -0.477 e. The van der Waals surface area contributed by atoms with Crippen LogP contribution in [0.15, 0.2) is 128 Å². The Balaban J connectivity index is 0.000000200. The number of pyridine rings is 2. The van der Waals surface area contributed by atoms with Gasteiger partial charge in [-0.15, -0.1) is 0 Å². The molecule has 0 spiro atoms. The Bertz CT molecular complexity index is 2340. The molecule has 2 heterocycles. The van der Waals surface area contributed by atoms with Gasteiger partial charge in [-0.2, -0.15) is 0 Å². The second-order valence-electron chi connectivity index (χ2n) is 11.3. The van der Waals surface area contributed by atoms with E-state index in [1.54, 1.807) is 16.7 Å². The first-order valence-corrected chi connectivity index (χ1v) is 16.9. The van der Waals surface area contributed by atoms with E-state index in [2.05, 4.69) is 41.9 Å². The molecule has 1 amide bonds. The molecule has 12 heteroatoms. The van der Waals surface area contributed by atoms with E-state index < -0.39 is 34.7 Å². The van der Waals surface area contributed by atoms with E-state index in [1.165, 1.54) is 26.4 Å². The molecule has 0 unspecified atom stereocenters. The number of carbonyl (C=O) groups excluding carboxylic acids is 2. The van der Waals surface area contributed by atoms with E-state index in [9.17, 15) is 29.1 Å². The molecule has 0 bridgehead atoms. The molecular formula is C38H31Br2N3O7. The summed E-state index contributed by atoms with van der Waals surface area (Å²) in [5, 5.41) is 12.6. The number of aromatic carboxylic acids is 1. The summed E-state index contributed by atoms with van der Waals surface area (Å²) in [6.07, 6.45) is 2.94. The summed E-state index contributed by atoms with van der Waals surface area (Å²) < 4.78 is 9.76. The van der Waals surface area contributed by atoms with Crippen molar-refractivity contribution in [3.05, 3.63) is 161 Å².